The van der Waals surface area contributed by atoms with Gasteiger partial charge in [0, 0.05) is 0 Å². The van der Waals surface area contributed by atoms with E-state index in [0.717, 1.165) is 12.1 Å². The molecule has 0 aliphatic carbocycles. The number of halogens is 3. The molecule has 2 aromatic carbocycles. The van der Waals surface area contributed by atoms with E-state index in [4.69, 9.17) is 9.29 Å². The van der Waals surface area contributed by atoms with Crippen LogP contribution in [0, 0.1) is 0 Å². The average Bonchev–Trinajstić information content (AvgIpc) is 2.39. The number of hydrogen-bond donors (Lipinski definition) is 1. The largest absolute Gasteiger partial charge is 0.457 e. The van der Waals surface area contributed by atoms with Crippen LogP contribution in [0.25, 0.3) is 0 Å². The maximum atomic E-state index is 12.4. The summed E-state index contributed by atoms with van der Waals surface area (Å²) >= 11 is -2.08. The number of ether oxygens (including phenoxy) is 1. The molecule has 0 aromatic heterocycles. The normalized spacial score (nSPS) is 13.0. The van der Waals surface area contributed by atoms with Gasteiger partial charge in [-0.15, -0.1) is 0 Å². The molecule has 0 amide bonds. The van der Waals surface area contributed by atoms with E-state index in [9.17, 15) is 17.4 Å². The summed E-state index contributed by atoms with van der Waals surface area (Å²) in [5, 5.41) is 0. The minimum absolute atomic E-state index is 0.213. The van der Waals surface area contributed by atoms with Crippen molar-refractivity contribution in [1.29, 1.82) is 0 Å². The third-order valence-corrected chi connectivity index (χ3v) is 3.12. The van der Waals surface area contributed by atoms with Crippen LogP contribution in [0.1, 0.15) is 5.56 Å². The molecular formula is C13H9F3O3S. The van der Waals surface area contributed by atoms with Gasteiger partial charge < -0.3 is 9.29 Å². The van der Waals surface area contributed by atoms with Crippen LogP contribution in [-0.2, 0) is 17.3 Å². The Bertz CT molecular complexity index is 606. The van der Waals surface area contributed by atoms with E-state index in [0.29, 0.717) is 5.75 Å². The Balaban J connectivity index is 2.12. The predicted octanol–water partition coefficient (Wildman–Crippen LogP) is 4.08. The Labute approximate surface area is 115 Å². The van der Waals surface area contributed by atoms with E-state index < -0.39 is 22.8 Å². The second-order valence-electron chi connectivity index (χ2n) is 3.84. The van der Waals surface area contributed by atoms with E-state index in [-0.39, 0.29) is 10.6 Å². The second kappa shape index (κ2) is 5.64. The molecular weight excluding hydrogens is 293 g/mol. The Morgan fingerprint density at radius 3 is 1.75 bits per heavy atom. The fraction of sp³-hybridized carbons (Fsp3) is 0.0769. The van der Waals surface area contributed by atoms with Crippen molar-refractivity contribution < 1.29 is 26.7 Å². The van der Waals surface area contributed by atoms with Gasteiger partial charge in [-0.3, -0.25) is 0 Å². The van der Waals surface area contributed by atoms with Gasteiger partial charge in [0.2, 0.25) is 0 Å². The van der Waals surface area contributed by atoms with Crippen LogP contribution in [0.15, 0.2) is 53.4 Å². The zero-order chi connectivity index (χ0) is 14.8. The summed E-state index contributed by atoms with van der Waals surface area (Å²) < 4.78 is 62.1. The lowest BCUT2D eigenvalue weighted by Gasteiger charge is -2.09. The van der Waals surface area contributed by atoms with Crippen LogP contribution >= 0.6 is 0 Å². The smallest absolute Gasteiger partial charge is 0.416 e. The van der Waals surface area contributed by atoms with Gasteiger partial charge in [-0.25, -0.2) is 4.21 Å². The summed E-state index contributed by atoms with van der Waals surface area (Å²) in [6, 6.07) is 9.98. The molecule has 0 saturated heterocycles. The Kier molecular flexibility index (Phi) is 4.10. The van der Waals surface area contributed by atoms with Gasteiger partial charge in [0.1, 0.15) is 11.5 Å². The first-order chi connectivity index (χ1) is 9.36. The Hall–Kier alpha value is -1.86. The van der Waals surface area contributed by atoms with Crippen molar-refractivity contribution in [2.75, 3.05) is 0 Å². The van der Waals surface area contributed by atoms with Crippen LogP contribution in [-0.4, -0.2) is 8.76 Å². The van der Waals surface area contributed by atoms with Crippen LogP contribution in [0.3, 0.4) is 0 Å². The number of rotatable bonds is 3. The molecule has 3 nitrogen and oxygen atoms in total. The summed E-state index contributed by atoms with van der Waals surface area (Å²) in [6.45, 7) is 0. The molecule has 0 saturated carbocycles. The fourth-order valence-corrected chi connectivity index (χ4v) is 1.84. The first-order valence-electron chi connectivity index (χ1n) is 5.42. The highest BCUT2D eigenvalue weighted by Crippen LogP contribution is 2.31. The predicted molar refractivity (Wildman–Crippen MR) is 67.0 cm³/mol. The standard InChI is InChI=1S/C13H9F3O3S/c14-13(15,16)9-1-3-10(4-2-9)19-11-5-7-12(8-6-11)20(17)18/h1-8H,(H,17,18). The maximum Gasteiger partial charge on any atom is 0.416 e. The van der Waals surface area contributed by atoms with Crippen LogP contribution in [0.2, 0.25) is 0 Å². The second-order valence-corrected chi connectivity index (χ2v) is 4.81. The van der Waals surface area contributed by atoms with Crippen LogP contribution < -0.4 is 4.74 Å². The summed E-state index contributed by atoms with van der Waals surface area (Å²) in [5.41, 5.74) is -0.754. The lowest BCUT2D eigenvalue weighted by Crippen LogP contribution is -2.03. The number of alkyl halides is 3. The highest BCUT2D eigenvalue weighted by atomic mass is 32.2. The zero-order valence-corrected chi connectivity index (χ0v) is 10.7. The van der Waals surface area contributed by atoms with Gasteiger partial charge in [0.05, 0.1) is 10.5 Å². The van der Waals surface area contributed by atoms with E-state index >= 15 is 0 Å². The van der Waals surface area contributed by atoms with Crippen LogP contribution in [0.5, 0.6) is 11.5 Å². The highest BCUT2D eigenvalue weighted by molar-refractivity contribution is 7.79. The molecule has 106 valence electrons. The minimum atomic E-state index is -4.38. The lowest BCUT2D eigenvalue weighted by atomic mass is 10.2. The molecule has 1 N–H and O–H groups in total. The van der Waals surface area contributed by atoms with Crippen molar-refractivity contribution in [2.24, 2.45) is 0 Å². The summed E-state index contributed by atoms with van der Waals surface area (Å²) in [4.78, 5) is 0.213. The van der Waals surface area contributed by atoms with Crippen molar-refractivity contribution in [3.8, 4) is 11.5 Å². The molecule has 0 aliphatic heterocycles. The van der Waals surface area contributed by atoms with Gasteiger partial charge in [0.15, 0.2) is 11.1 Å². The molecule has 20 heavy (non-hydrogen) atoms. The Morgan fingerprint density at radius 1 is 0.900 bits per heavy atom. The van der Waals surface area contributed by atoms with Gasteiger partial charge in [-0.2, -0.15) is 13.2 Å². The molecule has 0 fully saturated rings. The molecule has 0 heterocycles. The third-order valence-electron chi connectivity index (χ3n) is 2.44. The van der Waals surface area contributed by atoms with Crippen LogP contribution in [0.4, 0.5) is 13.2 Å². The third kappa shape index (κ3) is 3.58. The van der Waals surface area contributed by atoms with Gasteiger partial charge in [0.25, 0.3) is 0 Å². The molecule has 0 bridgehead atoms. The molecule has 2 aromatic rings. The molecule has 0 aliphatic rings. The molecule has 0 radical (unpaired) electrons. The van der Waals surface area contributed by atoms with E-state index in [1.807, 2.05) is 0 Å². The first-order valence-corrected chi connectivity index (χ1v) is 6.53. The van der Waals surface area contributed by atoms with Crippen molar-refractivity contribution >= 4 is 11.1 Å². The van der Waals surface area contributed by atoms with E-state index in [1.54, 1.807) is 0 Å². The lowest BCUT2D eigenvalue weighted by molar-refractivity contribution is -0.137. The summed E-state index contributed by atoms with van der Waals surface area (Å²) in [6.07, 6.45) is -4.38. The van der Waals surface area contributed by atoms with Crippen molar-refractivity contribution in [2.45, 2.75) is 11.1 Å². The van der Waals surface area contributed by atoms with Gasteiger partial charge >= 0.3 is 6.18 Å². The van der Waals surface area contributed by atoms with E-state index in [2.05, 4.69) is 0 Å². The van der Waals surface area contributed by atoms with Gasteiger partial charge in [-0.05, 0) is 48.5 Å². The van der Waals surface area contributed by atoms with Crippen molar-refractivity contribution in [3.05, 3.63) is 54.1 Å². The average molecular weight is 302 g/mol. The molecule has 7 heteroatoms. The summed E-state index contributed by atoms with van der Waals surface area (Å²) in [7, 11) is 0. The van der Waals surface area contributed by atoms with Gasteiger partial charge in [-0.1, -0.05) is 0 Å². The van der Waals surface area contributed by atoms with Crippen molar-refractivity contribution in [1.82, 2.24) is 0 Å². The van der Waals surface area contributed by atoms with Crippen molar-refractivity contribution in [3.63, 3.8) is 0 Å². The SMILES string of the molecule is O=S(O)c1ccc(Oc2ccc(C(F)(F)F)cc2)cc1. The van der Waals surface area contributed by atoms with E-state index in [1.165, 1.54) is 36.4 Å². The zero-order valence-electron chi connectivity index (χ0n) is 9.92. The highest BCUT2D eigenvalue weighted by Gasteiger charge is 2.30. The quantitative estimate of drug-likeness (QED) is 0.869. The summed E-state index contributed by atoms with van der Waals surface area (Å²) in [5.74, 6) is 0.606. The monoisotopic (exact) mass is 302 g/mol. The first kappa shape index (κ1) is 14.5. The maximum absolute atomic E-state index is 12.4. The Morgan fingerprint density at radius 2 is 1.35 bits per heavy atom. The number of hydrogen-bond acceptors (Lipinski definition) is 2. The molecule has 0 spiro atoms. The minimum Gasteiger partial charge on any atom is -0.457 e. The molecule has 1 atom stereocenters. The number of benzene rings is 2. The molecule has 1 unspecified atom stereocenters. The fourth-order valence-electron chi connectivity index (χ4n) is 1.47. The topological polar surface area (TPSA) is 46.5 Å². The molecule has 2 rings (SSSR count).